The Morgan fingerprint density at radius 1 is 1.47 bits per heavy atom. The van der Waals surface area contributed by atoms with Crippen LogP contribution in [0.1, 0.15) is 11.3 Å². The summed E-state index contributed by atoms with van der Waals surface area (Å²) in [6, 6.07) is 3.97. The number of methoxy groups -OCH3 is 1. The summed E-state index contributed by atoms with van der Waals surface area (Å²) < 4.78 is 5.03. The molecule has 4 heteroatoms. The first kappa shape index (κ1) is 10.3. The highest BCUT2D eigenvalue weighted by molar-refractivity contribution is 7.13. The third-order valence-electron chi connectivity index (χ3n) is 2.06. The predicted molar refractivity (Wildman–Crippen MR) is 60.8 cm³/mol. The van der Waals surface area contributed by atoms with Crippen molar-refractivity contribution in [1.29, 1.82) is 0 Å². The number of hydrogen-bond donors (Lipinski definition) is 0. The van der Waals surface area contributed by atoms with Gasteiger partial charge < -0.3 is 4.74 Å². The Bertz CT molecular complexity index is 453. The van der Waals surface area contributed by atoms with Crippen LogP contribution in [0.3, 0.4) is 0 Å². The van der Waals surface area contributed by atoms with Crippen LogP contribution in [0.25, 0.3) is 10.7 Å². The maximum atomic E-state index is 5.03. The minimum absolute atomic E-state index is 0.558. The number of nitrogens with zero attached hydrogens (tertiary/aromatic N) is 2. The summed E-state index contributed by atoms with van der Waals surface area (Å²) in [5, 5.41) is 2.97. The molecule has 0 saturated heterocycles. The molecule has 15 heavy (non-hydrogen) atoms. The molecule has 0 radical (unpaired) electrons. The Kier molecular flexibility index (Phi) is 3.08. The van der Waals surface area contributed by atoms with Crippen LogP contribution >= 0.6 is 11.3 Å². The first-order chi connectivity index (χ1) is 7.31. The fourth-order valence-corrected chi connectivity index (χ4v) is 2.20. The minimum Gasteiger partial charge on any atom is -0.378 e. The van der Waals surface area contributed by atoms with Crippen molar-refractivity contribution in [3.05, 3.63) is 35.0 Å². The van der Waals surface area contributed by atoms with E-state index in [2.05, 4.69) is 9.97 Å². The third-order valence-corrected chi connectivity index (χ3v) is 2.95. The van der Waals surface area contributed by atoms with Gasteiger partial charge in [-0.3, -0.25) is 4.98 Å². The van der Waals surface area contributed by atoms with Crippen molar-refractivity contribution < 1.29 is 4.74 Å². The normalized spacial score (nSPS) is 10.5. The second-order valence-corrected chi connectivity index (χ2v) is 4.10. The Morgan fingerprint density at radius 3 is 3.07 bits per heavy atom. The van der Waals surface area contributed by atoms with Gasteiger partial charge in [0.15, 0.2) is 0 Å². The van der Waals surface area contributed by atoms with E-state index in [1.54, 1.807) is 24.6 Å². The number of rotatable bonds is 3. The van der Waals surface area contributed by atoms with E-state index in [0.717, 1.165) is 22.0 Å². The molecule has 0 amide bonds. The smallest absolute Gasteiger partial charge is 0.142 e. The molecule has 0 spiro atoms. The summed E-state index contributed by atoms with van der Waals surface area (Å²) in [6.07, 6.45) is 1.79. The Hall–Kier alpha value is -1.26. The maximum absolute atomic E-state index is 5.03. The molecule has 2 heterocycles. The molecule has 0 N–H and O–H groups in total. The van der Waals surface area contributed by atoms with Crippen LogP contribution in [0.5, 0.6) is 0 Å². The van der Waals surface area contributed by atoms with Crippen molar-refractivity contribution in [1.82, 2.24) is 9.97 Å². The van der Waals surface area contributed by atoms with E-state index in [9.17, 15) is 0 Å². The summed E-state index contributed by atoms with van der Waals surface area (Å²) >= 11 is 1.60. The Morgan fingerprint density at radius 2 is 2.33 bits per heavy atom. The van der Waals surface area contributed by atoms with Gasteiger partial charge in [-0.2, -0.15) is 0 Å². The average Bonchev–Trinajstić information content (AvgIpc) is 2.68. The van der Waals surface area contributed by atoms with E-state index < -0.39 is 0 Å². The van der Waals surface area contributed by atoms with Crippen LogP contribution in [-0.4, -0.2) is 17.1 Å². The van der Waals surface area contributed by atoms with Crippen LogP contribution in [0, 0.1) is 6.92 Å². The molecule has 0 aliphatic rings. The van der Waals surface area contributed by atoms with Crippen LogP contribution in [-0.2, 0) is 11.3 Å². The van der Waals surface area contributed by atoms with E-state index in [4.69, 9.17) is 4.74 Å². The van der Waals surface area contributed by atoms with E-state index in [-0.39, 0.29) is 0 Å². The van der Waals surface area contributed by atoms with Crippen LogP contribution in [0.15, 0.2) is 23.7 Å². The lowest BCUT2D eigenvalue weighted by molar-refractivity contribution is 0.182. The fourth-order valence-electron chi connectivity index (χ4n) is 1.34. The van der Waals surface area contributed by atoms with Gasteiger partial charge in [0.05, 0.1) is 12.3 Å². The van der Waals surface area contributed by atoms with Crippen molar-refractivity contribution in [2.24, 2.45) is 0 Å². The summed E-state index contributed by atoms with van der Waals surface area (Å²) in [4.78, 5) is 8.79. The monoisotopic (exact) mass is 220 g/mol. The molecule has 0 atom stereocenters. The molecular formula is C11H12N2OS. The molecule has 0 unspecified atom stereocenters. The Balaban J connectivity index is 2.33. The van der Waals surface area contributed by atoms with Crippen molar-refractivity contribution in [3.8, 4) is 10.7 Å². The van der Waals surface area contributed by atoms with Crippen LogP contribution in [0.2, 0.25) is 0 Å². The summed E-state index contributed by atoms with van der Waals surface area (Å²) in [5.74, 6) is 0. The highest BCUT2D eigenvalue weighted by Gasteiger charge is 2.07. The van der Waals surface area contributed by atoms with Gasteiger partial charge in [0.2, 0.25) is 0 Å². The largest absolute Gasteiger partial charge is 0.378 e. The van der Waals surface area contributed by atoms with E-state index in [1.165, 1.54) is 0 Å². The molecule has 2 rings (SSSR count). The van der Waals surface area contributed by atoms with Crippen molar-refractivity contribution >= 4 is 11.3 Å². The topological polar surface area (TPSA) is 35.0 Å². The molecule has 2 aromatic rings. The summed E-state index contributed by atoms with van der Waals surface area (Å²) in [6.45, 7) is 2.60. The molecule has 3 nitrogen and oxygen atoms in total. The van der Waals surface area contributed by atoms with Gasteiger partial charge in [0, 0.05) is 18.7 Å². The minimum atomic E-state index is 0.558. The van der Waals surface area contributed by atoms with Gasteiger partial charge in [-0.25, -0.2) is 4.98 Å². The number of thiazole rings is 1. The summed E-state index contributed by atoms with van der Waals surface area (Å²) in [5.41, 5.74) is 3.07. The average molecular weight is 220 g/mol. The first-order valence-corrected chi connectivity index (χ1v) is 5.54. The number of aromatic nitrogens is 2. The SMILES string of the molecule is COCc1csc(-c2ncccc2C)n1. The van der Waals surface area contributed by atoms with Crippen LogP contribution in [0.4, 0.5) is 0 Å². The van der Waals surface area contributed by atoms with Gasteiger partial charge in [0.1, 0.15) is 10.7 Å². The van der Waals surface area contributed by atoms with Crippen molar-refractivity contribution in [2.45, 2.75) is 13.5 Å². The fraction of sp³-hybridized carbons (Fsp3) is 0.273. The van der Waals surface area contributed by atoms with Gasteiger partial charge in [0.25, 0.3) is 0 Å². The molecule has 0 bridgehead atoms. The van der Waals surface area contributed by atoms with Gasteiger partial charge in [-0.1, -0.05) is 6.07 Å². The van der Waals surface area contributed by atoms with Crippen molar-refractivity contribution in [2.75, 3.05) is 7.11 Å². The van der Waals surface area contributed by atoms with Gasteiger partial charge in [-0.05, 0) is 18.6 Å². The van der Waals surface area contributed by atoms with E-state index >= 15 is 0 Å². The first-order valence-electron chi connectivity index (χ1n) is 4.66. The lowest BCUT2D eigenvalue weighted by Crippen LogP contribution is -1.89. The second-order valence-electron chi connectivity index (χ2n) is 3.25. The molecule has 0 aromatic carbocycles. The molecule has 0 fully saturated rings. The maximum Gasteiger partial charge on any atom is 0.142 e. The predicted octanol–water partition coefficient (Wildman–Crippen LogP) is 2.66. The number of pyridine rings is 1. The highest BCUT2D eigenvalue weighted by Crippen LogP contribution is 2.24. The zero-order valence-corrected chi connectivity index (χ0v) is 9.54. The summed E-state index contributed by atoms with van der Waals surface area (Å²) in [7, 11) is 1.67. The quantitative estimate of drug-likeness (QED) is 0.797. The second kappa shape index (κ2) is 4.51. The standard InChI is InChI=1S/C11H12N2OS/c1-8-4-3-5-12-10(8)11-13-9(6-14-2)7-15-11/h3-5,7H,6H2,1-2H3. The molecule has 0 aliphatic heterocycles. The van der Waals surface area contributed by atoms with E-state index in [1.807, 2.05) is 24.4 Å². The van der Waals surface area contributed by atoms with Crippen molar-refractivity contribution in [3.63, 3.8) is 0 Å². The molecule has 2 aromatic heterocycles. The lowest BCUT2D eigenvalue weighted by atomic mass is 10.2. The van der Waals surface area contributed by atoms with Gasteiger partial charge >= 0.3 is 0 Å². The zero-order valence-electron chi connectivity index (χ0n) is 8.73. The number of aryl methyl sites for hydroxylation is 1. The lowest BCUT2D eigenvalue weighted by Gasteiger charge is -1.98. The Labute approximate surface area is 92.8 Å². The van der Waals surface area contributed by atoms with Gasteiger partial charge in [-0.15, -0.1) is 11.3 Å². The number of ether oxygens (including phenoxy) is 1. The third kappa shape index (κ3) is 2.22. The zero-order chi connectivity index (χ0) is 10.7. The number of hydrogen-bond acceptors (Lipinski definition) is 4. The molecular weight excluding hydrogens is 208 g/mol. The molecule has 0 aliphatic carbocycles. The van der Waals surface area contributed by atoms with E-state index in [0.29, 0.717) is 6.61 Å². The molecule has 0 saturated carbocycles. The molecule has 78 valence electrons. The highest BCUT2D eigenvalue weighted by atomic mass is 32.1. The van der Waals surface area contributed by atoms with Crippen LogP contribution < -0.4 is 0 Å².